The number of carbonyl (C=O) groups is 1. The number of anilines is 2. The largest absolute Gasteiger partial charge is 0.369 e. The molecule has 152 valence electrons. The number of nitrogens with zero attached hydrogens (tertiary/aromatic N) is 1. The zero-order valence-electron chi connectivity index (χ0n) is 15.6. The normalized spacial score (nSPS) is 16.8. The quantitative estimate of drug-likeness (QED) is 0.656. The number of hydrogen-bond donors (Lipinski definition) is 3. The summed E-state index contributed by atoms with van der Waals surface area (Å²) in [6.07, 6.45) is 1.09. The van der Waals surface area contributed by atoms with E-state index < -0.39 is 10.0 Å². The summed E-state index contributed by atoms with van der Waals surface area (Å²) in [7, 11) is -3.33. The van der Waals surface area contributed by atoms with Crippen LogP contribution in [-0.2, 0) is 10.0 Å². The molecule has 1 amide bonds. The van der Waals surface area contributed by atoms with Gasteiger partial charge in [-0.25, -0.2) is 8.42 Å². The van der Waals surface area contributed by atoms with E-state index in [1.165, 1.54) is 5.69 Å². The van der Waals surface area contributed by atoms with Gasteiger partial charge in [-0.15, -0.1) is 12.4 Å². The summed E-state index contributed by atoms with van der Waals surface area (Å²) in [6.45, 7) is 3.14. The van der Waals surface area contributed by atoms with Crippen molar-refractivity contribution < 1.29 is 13.2 Å². The molecule has 1 heterocycles. The van der Waals surface area contributed by atoms with Gasteiger partial charge in [0, 0.05) is 49.2 Å². The molecule has 2 aromatic rings. The standard InChI is InChI=1S/C19H24N4O3S.ClH/c1-27(25,26)22-16-9-7-15(8-10-16)19(24)21-13-17-14-23(12-11-20-17)18-5-3-2-4-6-18;/h2-10,17,20,22H,11-14H2,1H3,(H,21,24);1H. The molecular weight excluding hydrogens is 400 g/mol. The number of carbonyl (C=O) groups excluding carboxylic acids is 1. The maximum atomic E-state index is 12.3. The van der Waals surface area contributed by atoms with Crippen LogP contribution in [0.5, 0.6) is 0 Å². The Bertz CT molecular complexity index is 876. The first-order valence-electron chi connectivity index (χ1n) is 8.80. The lowest BCUT2D eigenvalue weighted by Crippen LogP contribution is -2.55. The minimum absolute atomic E-state index is 0. The molecule has 28 heavy (non-hydrogen) atoms. The molecule has 1 saturated heterocycles. The van der Waals surface area contributed by atoms with Gasteiger partial charge in [-0.2, -0.15) is 0 Å². The van der Waals surface area contributed by atoms with E-state index in [0.29, 0.717) is 17.8 Å². The van der Waals surface area contributed by atoms with Gasteiger partial charge in [-0.05, 0) is 36.4 Å². The summed E-state index contributed by atoms with van der Waals surface area (Å²) in [5.74, 6) is -0.181. The second kappa shape index (κ2) is 9.77. The molecule has 0 aromatic heterocycles. The van der Waals surface area contributed by atoms with Crippen LogP contribution in [0.25, 0.3) is 0 Å². The third-order valence-electron chi connectivity index (χ3n) is 4.34. The van der Waals surface area contributed by atoms with E-state index in [4.69, 9.17) is 0 Å². The molecule has 0 spiro atoms. The van der Waals surface area contributed by atoms with Gasteiger partial charge in [-0.1, -0.05) is 18.2 Å². The van der Waals surface area contributed by atoms with Crippen molar-refractivity contribution in [1.82, 2.24) is 10.6 Å². The summed E-state index contributed by atoms with van der Waals surface area (Å²) < 4.78 is 24.8. The summed E-state index contributed by atoms with van der Waals surface area (Å²) >= 11 is 0. The average molecular weight is 425 g/mol. The van der Waals surface area contributed by atoms with Crippen molar-refractivity contribution in [2.24, 2.45) is 0 Å². The third kappa shape index (κ3) is 6.40. The van der Waals surface area contributed by atoms with Crippen LogP contribution in [0.2, 0.25) is 0 Å². The molecule has 1 aliphatic heterocycles. The van der Waals surface area contributed by atoms with Gasteiger partial charge < -0.3 is 15.5 Å². The average Bonchev–Trinajstić information content (AvgIpc) is 2.66. The van der Waals surface area contributed by atoms with Crippen molar-refractivity contribution in [2.75, 3.05) is 42.1 Å². The second-order valence-electron chi connectivity index (χ2n) is 6.59. The molecule has 0 saturated carbocycles. The first-order chi connectivity index (χ1) is 12.9. The lowest BCUT2D eigenvalue weighted by Gasteiger charge is -2.35. The summed E-state index contributed by atoms with van der Waals surface area (Å²) in [5, 5.41) is 6.37. The van der Waals surface area contributed by atoms with Crippen LogP contribution in [0.1, 0.15) is 10.4 Å². The molecule has 1 fully saturated rings. The molecule has 1 aliphatic rings. The molecule has 1 unspecified atom stereocenters. The smallest absolute Gasteiger partial charge is 0.251 e. The van der Waals surface area contributed by atoms with E-state index >= 15 is 0 Å². The Kier molecular flexibility index (Phi) is 7.68. The number of amides is 1. The minimum atomic E-state index is -3.33. The molecule has 3 N–H and O–H groups in total. The van der Waals surface area contributed by atoms with Crippen LogP contribution in [0.15, 0.2) is 54.6 Å². The Balaban J connectivity index is 0.00000280. The topological polar surface area (TPSA) is 90.5 Å². The fourth-order valence-corrected chi connectivity index (χ4v) is 3.62. The number of para-hydroxylation sites is 1. The summed E-state index contributed by atoms with van der Waals surface area (Å²) in [4.78, 5) is 14.6. The first kappa shape index (κ1) is 22.0. The van der Waals surface area contributed by atoms with Crippen molar-refractivity contribution in [3.63, 3.8) is 0 Å². The second-order valence-corrected chi connectivity index (χ2v) is 8.34. The zero-order valence-corrected chi connectivity index (χ0v) is 17.2. The van der Waals surface area contributed by atoms with Crippen LogP contribution < -0.4 is 20.3 Å². The number of nitrogens with one attached hydrogen (secondary N) is 3. The molecule has 2 aromatic carbocycles. The van der Waals surface area contributed by atoms with Crippen LogP contribution in [0.3, 0.4) is 0 Å². The van der Waals surface area contributed by atoms with Gasteiger partial charge in [0.25, 0.3) is 5.91 Å². The number of sulfonamides is 1. The molecule has 7 nitrogen and oxygen atoms in total. The molecule has 1 atom stereocenters. The molecule has 0 aliphatic carbocycles. The Morgan fingerprint density at radius 1 is 1.14 bits per heavy atom. The number of piperazine rings is 1. The van der Waals surface area contributed by atoms with E-state index in [9.17, 15) is 13.2 Å². The maximum Gasteiger partial charge on any atom is 0.251 e. The summed E-state index contributed by atoms with van der Waals surface area (Å²) in [6, 6.07) is 16.8. The lowest BCUT2D eigenvalue weighted by atomic mass is 10.1. The van der Waals surface area contributed by atoms with Crippen LogP contribution in [0.4, 0.5) is 11.4 Å². The molecule has 3 rings (SSSR count). The van der Waals surface area contributed by atoms with Gasteiger partial charge in [0.2, 0.25) is 10.0 Å². The Morgan fingerprint density at radius 2 is 1.82 bits per heavy atom. The number of benzene rings is 2. The number of rotatable bonds is 6. The fourth-order valence-electron chi connectivity index (χ4n) is 3.06. The van der Waals surface area contributed by atoms with Crippen LogP contribution in [0, 0.1) is 0 Å². The van der Waals surface area contributed by atoms with Gasteiger partial charge in [0.1, 0.15) is 0 Å². The number of hydrogen-bond acceptors (Lipinski definition) is 5. The van der Waals surface area contributed by atoms with E-state index in [1.54, 1.807) is 24.3 Å². The van der Waals surface area contributed by atoms with E-state index in [1.807, 2.05) is 18.2 Å². The SMILES string of the molecule is CS(=O)(=O)Nc1ccc(C(=O)NCC2CN(c3ccccc3)CCN2)cc1.Cl. The predicted molar refractivity (Wildman–Crippen MR) is 115 cm³/mol. The van der Waals surface area contributed by atoms with Gasteiger partial charge in [0.15, 0.2) is 0 Å². The first-order valence-corrected chi connectivity index (χ1v) is 10.7. The van der Waals surface area contributed by atoms with Crippen molar-refractivity contribution in [2.45, 2.75) is 6.04 Å². The molecule has 9 heteroatoms. The van der Waals surface area contributed by atoms with Crippen molar-refractivity contribution in [1.29, 1.82) is 0 Å². The molecular formula is C19H25ClN4O3S. The van der Waals surface area contributed by atoms with Crippen LogP contribution >= 0.6 is 12.4 Å². The zero-order chi connectivity index (χ0) is 19.3. The van der Waals surface area contributed by atoms with Crippen molar-refractivity contribution in [3.8, 4) is 0 Å². The van der Waals surface area contributed by atoms with E-state index in [2.05, 4.69) is 32.4 Å². The monoisotopic (exact) mass is 424 g/mol. The Morgan fingerprint density at radius 3 is 2.46 bits per heavy atom. The minimum Gasteiger partial charge on any atom is -0.369 e. The third-order valence-corrected chi connectivity index (χ3v) is 4.94. The predicted octanol–water partition coefficient (Wildman–Crippen LogP) is 1.69. The lowest BCUT2D eigenvalue weighted by molar-refractivity contribution is 0.0949. The van der Waals surface area contributed by atoms with Gasteiger partial charge in [-0.3, -0.25) is 9.52 Å². The highest BCUT2D eigenvalue weighted by Crippen LogP contribution is 2.15. The molecule has 0 radical (unpaired) electrons. The fraction of sp³-hybridized carbons (Fsp3) is 0.316. The Hall–Kier alpha value is -2.29. The Labute approximate surface area is 172 Å². The molecule has 0 bridgehead atoms. The van der Waals surface area contributed by atoms with E-state index in [0.717, 1.165) is 25.9 Å². The van der Waals surface area contributed by atoms with Crippen molar-refractivity contribution >= 4 is 39.7 Å². The van der Waals surface area contributed by atoms with E-state index in [-0.39, 0.29) is 24.4 Å². The van der Waals surface area contributed by atoms with Gasteiger partial charge >= 0.3 is 0 Å². The van der Waals surface area contributed by atoms with Crippen LogP contribution in [-0.4, -0.2) is 52.8 Å². The summed E-state index contributed by atoms with van der Waals surface area (Å²) in [5.41, 5.74) is 2.11. The highest BCUT2D eigenvalue weighted by atomic mass is 35.5. The maximum absolute atomic E-state index is 12.3. The highest BCUT2D eigenvalue weighted by molar-refractivity contribution is 7.92. The highest BCUT2D eigenvalue weighted by Gasteiger charge is 2.20. The number of halogens is 1. The van der Waals surface area contributed by atoms with Gasteiger partial charge in [0.05, 0.1) is 6.26 Å². The van der Waals surface area contributed by atoms with Crippen molar-refractivity contribution in [3.05, 3.63) is 60.2 Å².